The van der Waals surface area contributed by atoms with Gasteiger partial charge < -0.3 is 4.90 Å². The summed E-state index contributed by atoms with van der Waals surface area (Å²) in [6, 6.07) is 4.18. The van der Waals surface area contributed by atoms with Gasteiger partial charge in [-0.1, -0.05) is 6.92 Å². The van der Waals surface area contributed by atoms with Crippen LogP contribution < -0.4 is 0 Å². The van der Waals surface area contributed by atoms with E-state index in [1.165, 1.54) is 6.33 Å². The monoisotopic (exact) mass is 310 g/mol. The lowest BCUT2D eigenvalue weighted by molar-refractivity contribution is -0.132. The van der Waals surface area contributed by atoms with Gasteiger partial charge in [0, 0.05) is 54.8 Å². The van der Waals surface area contributed by atoms with Crippen molar-refractivity contribution in [2.45, 2.75) is 39.0 Å². The minimum atomic E-state index is 0.235. The number of rotatable bonds is 3. The van der Waals surface area contributed by atoms with Gasteiger partial charge in [0.1, 0.15) is 6.33 Å². The van der Waals surface area contributed by atoms with Crippen molar-refractivity contribution in [3.63, 3.8) is 0 Å². The Kier molecular flexibility index (Phi) is 4.65. The number of carbonyl (C=O) groups is 1. The largest absolute Gasteiger partial charge is 0.342 e. The molecule has 1 aliphatic rings. The van der Waals surface area contributed by atoms with Crippen LogP contribution in [0.1, 0.15) is 43.5 Å². The fourth-order valence-electron chi connectivity index (χ4n) is 3.19. The molecule has 5 heteroatoms. The Hall–Kier alpha value is -2.30. The number of hydrogen-bond acceptors (Lipinski definition) is 4. The molecule has 0 N–H and O–H groups in total. The average Bonchev–Trinajstić information content (AvgIpc) is 2.61. The molecule has 1 aliphatic heterocycles. The van der Waals surface area contributed by atoms with E-state index in [9.17, 15) is 4.79 Å². The summed E-state index contributed by atoms with van der Waals surface area (Å²) < 4.78 is 0. The van der Waals surface area contributed by atoms with E-state index < -0.39 is 0 Å². The number of nitrogens with zero attached hydrogens (tertiary/aromatic N) is 4. The molecule has 3 heterocycles. The second kappa shape index (κ2) is 6.86. The predicted octanol–water partition coefficient (Wildman–Crippen LogP) is 2.96. The molecule has 2 aromatic heterocycles. The summed E-state index contributed by atoms with van der Waals surface area (Å²) >= 11 is 0. The minimum absolute atomic E-state index is 0.235. The van der Waals surface area contributed by atoms with Crippen LogP contribution in [0.5, 0.6) is 0 Å². The van der Waals surface area contributed by atoms with E-state index in [1.807, 2.05) is 31.1 Å². The number of carbonyl (C=O) groups excluding carboxylic acids is 1. The number of hydrogen-bond donors (Lipinski definition) is 0. The number of amides is 1. The Morgan fingerprint density at radius 1 is 1.26 bits per heavy atom. The van der Waals surface area contributed by atoms with Crippen molar-refractivity contribution >= 4 is 5.91 Å². The van der Waals surface area contributed by atoms with E-state index in [2.05, 4.69) is 22.1 Å². The highest BCUT2D eigenvalue weighted by molar-refractivity contribution is 5.76. The summed E-state index contributed by atoms with van der Waals surface area (Å²) in [5.74, 6) is 0.543. The Bertz CT molecular complexity index is 687. The zero-order chi connectivity index (χ0) is 16.2. The number of likely N-dealkylation sites (tertiary alicyclic amines) is 1. The fourth-order valence-corrected chi connectivity index (χ4v) is 3.19. The van der Waals surface area contributed by atoms with Gasteiger partial charge in [-0.3, -0.25) is 9.78 Å². The van der Waals surface area contributed by atoms with Crippen molar-refractivity contribution in [3.8, 4) is 11.1 Å². The van der Waals surface area contributed by atoms with Crippen LogP contribution in [-0.4, -0.2) is 38.8 Å². The summed E-state index contributed by atoms with van der Waals surface area (Å²) in [4.78, 5) is 26.9. The summed E-state index contributed by atoms with van der Waals surface area (Å²) in [7, 11) is 0. The van der Waals surface area contributed by atoms with E-state index in [0.717, 1.165) is 48.4 Å². The average molecular weight is 310 g/mol. The van der Waals surface area contributed by atoms with Gasteiger partial charge in [-0.2, -0.15) is 0 Å². The first-order valence-corrected chi connectivity index (χ1v) is 8.19. The van der Waals surface area contributed by atoms with E-state index in [1.54, 1.807) is 0 Å². The maximum absolute atomic E-state index is 12.0. The highest BCUT2D eigenvalue weighted by atomic mass is 16.2. The smallest absolute Gasteiger partial charge is 0.222 e. The number of piperidine rings is 1. The van der Waals surface area contributed by atoms with Crippen molar-refractivity contribution in [1.29, 1.82) is 0 Å². The third-order valence-electron chi connectivity index (χ3n) is 4.36. The van der Waals surface area contributed by atoms with Crippen LogP contribution in [0.3, 0.4) is 0 Å². The second-order valence-electron chi connectivity index (χ2n) is 6.08. The summed E-state index contributed by atoms with van der Waals surface area (Å²) in [6.07, 6.45) is 7.86. The molecule has 120 valence electrons. The lowest BCUT2D eigenvalue weighted by Crippen LogP contribution is -2.38. The Morgan fingerprint density at radius 3 is 2.78 bits per heavy atom. The van der Waals surface area contributed by atoms with E-state index in [0.29, 0.717) is 12.3 Å². The van der Waals surface area contributed by atoms with Gasteiger partial charge in [-0.05, 0) is 37.5 Å². The number of aryl methyl sites for hydroxylation is 1. The standard InChI is InChI=1S/C18H22N4O/c1-3-18(23)22-6-4-5-14(11-22)17-8-15(7-13(2)21-17)16-9-19-12-20-10-16/h7-10,12,14H,3-6,11H2,1-2H3/t14-/m1/s1. The summed E-state index contributed by atoms with van der Waals surface area (Å²) in [5, 5.41) is 0. The molecule has 0 radical (unpaired) electrons. The molecule has 1 fully saturated rings. The molecule has 0 unspecified atom stereocenters. The molecule has 3 rings (SSSR count). The summed E-state index contributed by atoms with van der Waals surface area (Å²) in [6.45, 7) is 5.57. The molecule has 1 atom stereocenters. The first kappa shape index (κ1) is 15.6. The molecule has 5 nitrogen and oxygen atoms in total. The quantitative estimate of drug-likeness (QED) is 0.874. The molecule has 2 aromatic rings. The lowest BCUT2D eigenvalue weighted by atomic mass is 9.92. The van der Waals surface area contributed by atoms with Crippen molar-refractivity contribution in [2.75, 3.05) is 13.1 Å². The molecular formula is C18H22N4O. The van der Waals surface area contributed by atoms with Crippen LogP contribution in [0, 0.1) is 6.92 Å². The highest BCUT2D eigenvalue weighted by Crippen LogP contribution is 2.29. The van der Waals surface area contributed by atoms with Crippen LogP contribution in [0.2, 0.25) is 0 Å². The maximum Gasteiger partial charge on any atom is 0.222 e. The van der Waals surface area contributed by atoms with Crippen LogP contribution in [-0.2, 0) is 4.79 Å². The van der Waals surface area contributed by atoms with Gasteiger partial charge in [0.25, 0.3) is 0 Å². The minimum Gasteiger partial charge on any atom is -0.342 e. The molecule has 0 saturated carbocycles. The van der Waals surface area contributed by atoms with Crippen LogP contribution >= 0.6 is 0 Å². The third-order valence-corrected chi connectivity index (χ3v) is 4.36. The van der Waals surface area contributed by atoms with Gasteiger partial charge in [0.05, 0.1) is 0 Å². The maximum atomic E-state index is 12.0. The molecule has 0 aliphatic carbocycles. The van der Waals surface area contributed by atoms with Gasteiger partial charge >= 0.3 is 0 Å². The topological polar surface area (TPSA) is 59.0 Å². The van der Waals surface area contributed by atoms with Gasteiger partial charge in [-0.25, -0.2) is 9.97 Å². The Balaban J connectivity index is 1.88. The van der Waals surface area contributed by atoms with E-state index >= 15 is 0 Å². The zero-order valence-corrected chi connectivity index (χ0v) is 13.7. The third kappa shape index (κ3) is 3.55. The number of pyridine rings is 1. The first-order chi connectivity index (χ1) is 11.2. The van der Waals surface area contributed by atoms with Crippen molar-refractivity contribution in [1.82, 2.24) is 19.9 Å². The lowest BCUT2D eigenvalue weighted by Gasteiger charge is -2.32. The van der Waals surface area contributed by atoms with Gasteiger partial charge in [0.15, 0.2) is 0 Å². The van der Waals surface area contributed by atoms with E-state index in [-0.39, 0.29) is 5.91 Å². The molecule has 0 spiro atoms. The fraction of sp³-hybridized carbons (Fsp3) is 0.444. The van der Waals surface area contributed by atoms with Crippen LogP contribution in [0.25, 0.3) is 11.1 Å². The van der Waals surface area contributed by atoms with Crippen molar-refractivity contribution in [2.24, 2.45) is 0 Å². The predicted molar refractivity (Wildman–Crippen MR) is 88.8 cm³/mol. The zero-order valence-electron chi connectivity index (χ0n) is 13.7. The summed E-state index contributed by atoms with van der Waals surface area (Å²) in [5.41, 5.74) is 4.14. The first-order valence-electron chi connectivity index (χ1n) is 8.19. The Labute approximate surface area is 136 Å². The van der Waals surface area contributed by atoms with E-state index in [4.69, 9.17) is 4.98 Å². The SMILES string of the molecule is CCC(=O)N1CCC[C@@H](c2cc(-c3cncnc3)cc(C)n2)C1. The Morgan fingerprint density at radius 2 is 2.04 bits per heavy atom. The highest BCUT2D eigenvalue weighted by Gasteiger charge is 2.25. The molecular weight excluding hydrogens is 288 g/mol. The molecule has 0 bridgehead atoms. The van der Waals surface area contributed by atoms with Gasteiger partial charge in [-0.15, -0.1) is 0 Å². The second-order valence-corrected chi connectivity index (χ2v) is 6.08. The van der Waals surface area contributed by atoms with Crippen LogP contribution in [0.4, 0.5) is 0 Å². The van der Waals surface area contributed by atoms with Crippen molar-refractivity contribution in [3.05, 3.63) is 42.2 Å². The molecule has 1 saturated heterocycles. The molecule has 23 heavy (non-hydrogen) atoms. The van der Waals surface area contributed by atoms with Gasteiger partial charge in [0.2, 0.25) is 5.91 Å². The number of aromatic nitrogens is 3. The molecule has 1 amide bonds. The normalized spacial score (nSPS) is 18.0. The molecule has 0 aromatic carbocycles. The van der Waals surface area contributed by atoms with Crippen LogP contribution in [0.15, 0.2) is 30.9 Å². The van der Waals surface area contributed by atoms with Crippen molar-refractivity contribution < 1.29 is 4.79 Å².